The van der Waals surface area contributed by atoms with Crippen molar-refractivity contribution in [1.82, 2.24) is 19.4 Å². The average Bonchev–Trinajstić information content (AvgIpc) is 2.66. The fourth-order valence-corrected chi connectivity index (χ4v) is 2.77. The van der Waals surface area contributed by atoms with Crippen molar-refractivity contribution in [2.24, 2.45) is 7.05 Å². The summed E-state index contributed by atoms with van der Waals surface area (Å²) in [5.74, 6) is 0.858. The van der Waals surface area contributed by atoms with Gasteiger partial charge in [-0.25, -0.2) is 4.98 Å². The molecule has 1 fully saturated rings. The molecule has 2 aromatic rings. The molecule has 0 N–H and O–H groups in total. The van der Waals surface area contributed by atoms with Crippen molar-refractivity contribution in [2.75, 3.05) is 38.2 Å². The van der Waals surface area contributed by atoms with Gasteiger partial charge in [-0.3, -0.25) is 9.59 Å². The van der Waals surface area contributed by atoms with Gasteiger partial charge in [-0.15, -0.1) is 0 Å². The van der Waals surface area contributed by atoms with Gasteiger partial charge < -0.3 is 19.1 Å². The molecule has 25 heavy (non-hydrogen) atoms. The van der Waals surface area contributed by atoms with Crippen LogP contribution in [0.4, 0.5) is 5.95 Å². The van der Waals surface area contributed by atoms with Crippen molar-refractivity contribution in [2.45, 2.75) is 6.92 Å². The molecule has 1 aliphatic heterocycles. The molecule has 1 aliphatic rings. The van der Waals surface area contributed by atoms with E-state index in [1.54, 1.807) is 43.5 Å². The highest BCUT2D eigenvalue weighted by Crippen LogP contribution is 2.15. The molecule has 0 unspecified atom stereocenters. The average molecular weight is 343 g/mol. The number of pyridine rings is 1. The Labute approximate surface area is 145 Å². The first-order chi connectivity index (χ1) is 12.0. The first-order valence-corrected chi connectivity index (χ1v) is 8.09. The van der Waals surface area contributed by atoms with Crippen LogP contribution in [0.25, 0.3) is 0 Å². The zero-order valence-corrected chi connectivity index (χ0v) is 14.6. The van der Waals surface area contributed by atoms with Gasteiger partial charge in [0.25, 0.3) is 11.5 Å². The number of nitrogens with zero attached hydrogens (tertiary/aromatic N) is 5. The Morgan fingerprint density at radius 3 is 2.56 bits per heavy atom. The molecule has 2 aromatic heterocycles. The highest BCUT2D eigenvalue weighted by molar-refractivity contribution is 5.94. The smallest absolute Gasteiger partial charge is 0.263 e. The minimum Gasteiger partial charge on any atom is -0.481 e. The number of amides is 1. The Hall–Kier alpha value is -2.90. The normalized spacial score (nSPS) is 14.5. The van der Waals surface area contributed by atoms with E-state index in [1.165, 1.54) is 4.57 Å². The summed E-state index contributed by atoms with van der Waals surface area (Å²) in [4.78, 5) is 37.2. The Morgan fingerprint density at radius 1 is 1.16 bits per heavy atom. The number of methoxy groups -OCH3 is 1. The van der Waals surface area contributed by atoms with E-state index in [-0.39, 0.29) is 17.0 Å². The molecule has 132 valence electrons. The lowest BCUT2D eigenvalue weighted by Gasteiger charge is -2.34. The standard InChI is InChI=1S/C17H21N5O3/c1-12-4-5-13(15(23)20(12)2)16(24)21-8-10-22(11-9-21)17-18-7-6-14(19-17)25-3/h4-7H,8-11H2,1-3H3. The quantitative estimate of drug-likeness (QED) is 0.805. The zero-order chi connectivity index (χ0) is 18.0. The molecule has 0 radical (unpaired) electrons. The topological polar surface area (TPSA) is 80.6 Å². The van der Waals surface area contributed by atoms with Crippen molar-refractivity contribution in [3.05, 3.63) is 46.0 Å². The molecule has 1 saturated heterocycles. The SMILES string of the molecule is COc1ccnc(N2CCN(C(=O)c3ccc(C)n(C)c3=O)CC2)n1. The summed E-state index contributed by atoms with van der Waals surface area (Å²) in [6.45, 7) is 4.06. The van der Waals surface area contributed by atoms with Gasteiger partial charge in [0.1, 0.15) is 5.56 Å². The molecule has 0 bridgehead atoms. The second kappa shape index (κ2) is 6.92. The highest BCUT2D eigenvalue weighted by Gasteiger charge is 2.25. The van der Waals surface area contributed by atoms with E-state index in [1.807, 2.05) is 11.8 Å². The number of ether oxygens (including phenoxy) is 1. The number of anilines is 1. The van der Waals surface area contributed by atoms with Crippen LogP contribution in [-0.4, -0.2) is 58.6 Å². The van der Waals surface area contributed by atoms with Crippen LogP contribution in [0.5, 0.6) is 5.88 Å². The third kappa shape index (κ3) is 3.33. The van der Waals surface area contributed by atoms with E-state index < -0.39 is 0 Å². The molecule has 0 atom stereocenters. The molecular formula is C17H21N5O3. The number of aromatic nitrogens is 3. The van der Waals surface area contributed by atoms with Crippen LogP contribution in [0.3, 0.4) is 0 Å². The molecule has 0 spiro atoms. The van der Waals surface area contributed by atoms with E-state index >= 15 is 0 Å². The fourth-order valence-electron chi connectivity index (χ4n) is 2.77. The van der Waals surface area contributed by atoms with Crippen LogP contribution in [0.15, 0.2) is 29.2 Å². The van der Waals surface area contributed by atoms with Gasteiger partial charge in [0.15, 0.2) is 0 Å². The monoisotopic (exact) mass is 343 g/mol. The summed E-state index contributed by atoms with van der Waals surface area (Å²) in [5.41, 5.74) is 0.768. The summed E-state index contributed by atoms with van der Waals surface area (Å²) >= 11 is 0. The van der Waals surface area contributed by atoms with Crippen molar-refractivity contribution in [3.8, 4) is 5.88 Å². The van der Waals surface area contributed by atoms with E-state index in [2.05, 4.69) is 9.97 Å². The Balaban J connectivity index is 1.71. The molecular weight excluding hydrogens is 322 g/mol. The maximum absolute atomic E-state index is 12.7. The molecule has 8 nitrogen and oxygen atoms in total. The molecule has 0 aromatic carbocycles. The molecule has 8 heteroatoms. The number of hydrogen-bond donors (Lipinski definition) is 0. The third-order valence-electron chi connectivity index (χ3n) is 4.46. The minimum absolute atomic E-state index is 0.208. The largest absolute Gasteiger partial charge is 0.481 e. The predicted molar refractivity (Wildman–Crippen MR) is 93.1 cm³/mol. The summed E-state index contributed by atoms with van der Waals surface area (Å²) < 4.78 is 6.61. The molecule has 0 aliphatic carbocycles. The van der Waals surface area contributed by atoms with E-state index in [9.17, 15) is 9.59 Å². The zero-order valence-electron chi connectivity index (χ0n) is 14.6. The van der Waals surface area contributed by atoms with Gasteiger partial charge in [-0.2, -0.15) is 4.98 Å². The summed E-state index contributed by atoms with van der Waals surface area (Å²) in [5, 5.41) is 0. The van der Waals surface area contributed by atoms with Crippen LogP contribution in [0, 0.1) is 6.92 Å². The highest BCUT2D eigenvalue weighted by atomic mass is 16.5. The number of piperazine rings is 1. The maximum Gasteiger partial charge on any atom is 0.263 e. The molecule has 1 amide bonds. The molecule has 3 rings (SSSR count). The number of hydrogen-bond acceptors (Lipinski definition) is 6. The lowest BCUT2D eigenvalue weighted by Crippen LogP contribution is -2.50. The summed E-state index contributed by atoms with van der Waals surface area (Å²) in [7, 11) is 3.23. The van der Waals surface area contributed by atoms with Gasteiger partial charge in [0.05, 0.1) is 7.11 Å². The van der Waals surface area contributed by atoms with Gasteiger partial charge in [-0.1, -0.05) is 0 Å². The first-order valence-electron chi connectivity index (χ1n) is 8.09. The van der Waals surface area contributed by atoms with Crippen molar-refractivity contribution in [1.29, 1.82) is 0 Å². The minimum atomic E-state index is -0.261. The van der Waals surface area contributed by atoms with Gasteiger partial charge in [0.2, 0.25) is 11.8 Å². The fraction of sp³-hybridized carbons (Fsp3) is 0.412. The molecule has 3 heterocycles. The number of rotatable bonds is 3. The van der Waals surface area contributed by atoms with Crippen LogP contribution in [-0.2, 0) is 7.05 Å². The van der Waals surface area contributed by atoms with Crippen LogP contribution in [0.1, 0.15) is 16.1 Å². The number of carbonyl (C=O) groups is 1. The Kier molecular flexibility index (Phi) is 4.69. The van der Waals surface area contributed by atoms with Gasteiger partial charge in [0, 0.05) is 51.2 Å². The second-order valence-electron chi connectivity index (χ2n) is 5.93. The van der Waals surface area contributed by atoms with Crippen LogP contribution in [0.2, 0.25) is 0 Å². The summed E-state index contributed by atoms with van der Waals surface area (Å²) in [6, 6.07) is 5.09. The second-order valence-corrected chi connectivity index (χ2v) is 5.93. The number of aryl methyl sites for hydroxylation is 1. The van der Waals surface area contributed by atoms with Crippen molar-refractivity contribution < 1.29 is 9.53 Å². The van der Waals surface area contributed by atoms with Gasteiger partial charge in [-0.05, 0) is 19.1 Å². The van der Waals surface area contributed by atoms with Crippen molar-refractivity contribution >= 4 is 11.9 Å². The Morgan fingerprint density at radius 2 is 1.88 bits per heavy atom. The van der Waals surface area contributed by atoms with Crippen molar-refractivity contribution in [3.63, 3.8) is 0 Å². The Bertz CT molecular complexity index is 840. The lowest BCUT2D eigenvalue weighted by atomic mass is 10.2. The first kappa shape index (κ1) is 16.9. The third-order valence-corrected chi connectivity index (χ3v) is 4.46. The number of carbonyl (C=O) groups excluding carboxylic acids is 1. The van der Waals surface area contributed by atoms with E-state index in [0.717, 1.165) is 5.69 Å². The van der Waals surface area contributed by atoms with Crippen LogP contribution < -0.4 is 15.2 Å². The summed E-state index contributed by atoms with van der Waals surface area (Å²) in [6.07, 6.45) is 1.65. The predicted octanol–water partition coefficient (Wildman–Crippen LogP) is 0.455. The van der Waals surface area contributed by atoms with E-state index in [4.69, 9.17) is 4.74 Å². The maximum atomic E-state index is 12.7. The lowest BCUT2D eigenvalue weighted by molar-refractivity contribution is 0.0743. The van der Waals surface area contributed by atoms with Gasteiger partial charge >= 0.3 is 0 Å². The molecule has 0 saturated carbocycles. The van der Waals surface area contributed by atoms with E-state index in [0.29, 0.717) is 38.0 Å². The van der Waals surface area contributed by atoms with Crippen LogP contribution >= 0.6 is 0 Å².